The van der Waals surface area contributed by atoms with Crippen molar-refractivity contribution in [3.8, 4) is 0 Å². The average Bonchev–Trinajstić information content (AvgIpc) is 2.40. The number of hydrogen-bond acceptors (Lipinski definition) is 3. The molecule has 0 amide bonds. The molecule has 1 fully saturated rings. The van der Waals surface area contributed by atoms with E-state index in [2.05, 4.69) is 57.1 Å². The van der Waals surface area contributed by atoms with Crippen LogP contribution in [-0.2, 0) is 0 Å². The average molecular weight is 385 g/mol. The highest BCUT2D eigenvalue weighted by atomic mass is 79.9. The summed E-state index contributed by atoms with van der Waals surface area (Å²) in [6.07, 6.45) is 1.18. The number of halogens is 3. The van der Waals surface area contributed by atoms with E-state index < -0.39 is 0 Å². The SMILES string of the molecule is CCC(C)[C@@H](c1cccc(Br)n1)N1CCNCC1.Cl.Cl. The van der Waals surface area contributed by atoms with Crippen LogP contribution in [0.15, 0.2) is 22.8 Å². The molecular weight excluding hydrogens is 361 g/mol. The lowest BCUT2D eigenvalue weighted by molar-refractivity contribution is 0.125. The molecule has 1 unspecified atom stereocenters. The van der Waals surface area contributed by atoms with Gasteiger partial charge in [-0.1, -0.05) is 26.3 Å². The van der Waals surface area contributed by atoms with Gasteiger partial charge in [0.1, 0.15) is 4.60 Å². The Balaban J connectivity index is 0.00000180. The maximum absolute atomic E-state index is 4.67. The van der Waals surface area contributed by atoms with E-state index in [0.717, 1.165) is 30.8 Å². The molecule has 1 aromatic heterocycles. The molecule has 6 heteroatoms. The van der Waals surface area contributed by atoms with E-state index in [1.807, 2.05) is 6.07 Å². The van der Waals surface area contributed by atoms with Crippen LogP contribution in [0.5, 0.6) is 0 Å². The Kier molecular flexibility index (Phi) is 10.0. The van der Waals surface area contributed by atoms with E-state index in [1.54, 1.807) is 0 Å². The quantitative estimate of drug-likeness (QED) is 0.802. The first-order chi connectivity index (χ1) is 8.72. The van der Waals surface area contributed by atoms with Gasteiger partial charge >= 0.3 is 0 Å². The molecule has 0 aromatic carbocycles. The number of nitrogens with one attached hydrogen (secondary N) is 1. The highest BCUT2D eigenvalue weighted by Gasteiger charge is 2.27. The second-order valence-corrected chi connectivity index (χ2v) is 5.81. The van der Waals surface area contributed by atoms with Crippen LogP contribution in [-0.4, -0.2) is 36.1 Å². The van der Waals surface area contributed by atoms with Crippen molar-refractivity contribution in [2.45, 2.75) is 26.3 Å². The first-order valence-electron chi connectivity index (χ1n) is 6.79. The monoisotopic (exact) mass is 383 g/mol. The van der Waals surface area contributed by atoms with Crippen LogP contribution in [0.3, 0.4) is 0 Å². The lowest BCUT2D eigenvalue weighted by atomic mass is 9.94. The van der Waals surface area contributed by atoms with Gasteiger partial charge in [0, 0.05) is 26.2 Å². The van der Waals surface area contributed by atoms with Crippen LogP contribution >= 0.6 is 40.7 Å². The van der Waals surface area contributed by atoms with Crippen molar-refractivity contribution in [3.63, 3.8) is 0 Å². The fourth-order valence-electron chi connectivity index (χ4n) is 2.61. The standard InChI is InChI=1S/C14H22BrN3.2ClH/c1-3-11(2)14(18-9-7-16-8-10-18)12-5-4-6-13(15)17-12;;/h4-6,11,14,16H,3,7-10H2,1-2H3;2*1H/t11?,14-;;/m0../s1. The minimum Gasteiger partial charge on any atom is -0.314 e. The van der Waals surface area contributed by atoms with Gasteiger partial charge in [-0.15, -0.1) is 24.8 Å². The minimum atomic E-state index is 0. The molecule has 0 radical (unpaired) electrons. The Bertz CT molecular complexity index is 386. The highest BCUT2D eigenvalue weighted by molar-refractivity contribution is 9.10. The molecule has 2 atom stereocenters. The van der Waals surface area contributed by atoms with Gasteiger partial charge in [0.15, 0.2) is 0 Å². The lowest BCUT2D eigenvalue weighted by Gasteiger charge is -2.37. The third kappa shape index (κ3) is 5.15. The fourth-order valence-corrected chi connectivity index (χ4v) is 2.97. The zero-order chi connectivity index (χ0) is 13.0. The Hall–Kier alpha value is 0.130. The maximum Gasteiger partial charge on any atom is 0.106 e. The molecule has 3 nitrogen and oxygen atoms in total. The summed E-state index contributed by atoms with van der Waals surface area (Å²) in [5.74, 6) is 0.630. The largest absolute Gasteiger partial charge is 0.314 e. The number of rotatable bonds is 4. The molecule has 0 aliphatic carbocycles. The molecule has 0 saturated carbocycles. The van der Waals surface area contributed by atoms with Gasteiger partial charge in [-0.3, -0.25) is 4.90 Å². The van der Waals surface area contributed by atoms with Gasteiger partial charge in [0.25, 0.3) is 0 Å². The molecule has 0 spiro atoms. The maximum atomic E-state index is 4.67. The second-order valence-electron chi connectivity index (χ2n) is 5.00. The fraction of sp³-hybridized carbons (Fsp3) is 0.643. The van der Waals surface area contributed by atoms with Crippen molar-refractivity contribution in [1.29, 1.82) is 0 Å². The summed E-state index contributed by atoms with van der Waals surface area (Å²) in [4.78, 5) is 7.24. The highest BCUT2D eigenvalue weighted by Crippen LogP contribution is 2.30. The smallest absolute Gasteiger partial charge is 0.106 e. The molecule has 1 saturated heterocycles. The van der Waals surface area contributed by atoms with Crippen LogP contribution < -0.4 is 5.32 Å². The number of pyridine rings is 1. The third-order valence-electron chi connectivity index (χ3n) is 3.77. The van der Waals surface area contributed by atoms with Crippen molar-refractivity contribution in [3.05, 3.63) is 28.5 Å². The van der Waals surface area contributed by atoms with Crippen LogP contribution in [0.4, 0.5) is 0 Å². The van der Waals surface area contributed by atoms with Gasteiger partial charge < -0.3 is 5.32 Å². The van der Waals surface area contributed by atoms with Crippen molar-refractivity contribution in [1.82, 2.24) is 15.2 Å². The predicted octanol–water partition coefficient (Wildman–Crippen LogP) is 3.68. The molecule has 1 N–H and O–H groups in total. The molecule has 2 rings (SSSR count). The van der Waals surface area contributed by atoms with Crippen LogP contribution in [0.1, 0.15) is 32.0 Å². The molecule has 1 aliphatic heterocycles. The van der Waals surface area contributed by atoms with Gasteiger partial charge in [0.2, 0.25) is 0 Å². The molecule has 0 bridgehead atoms. The first kappa shape index (κ1) is 20.1. The zero-order valence-electron chi connectivity index (χ0n) is 12.0. The first-order valence-corrected chi connectivity index (χ1v) is 7.59. The Morgan fingerprint density at radius 3 is 2.50 bits per heavy atom. The zero-order valence-corrected chi connectivity index (χ0v) is 15.2. The van der Waals surface area contributed by atoms with Gasteiger partial charge in [-0.05, 0) is 34.0 Å². The third-order valence-corrected chi connectivity index (χ3v) is 4.21. The van der Waals surface area contributed by atoms with Crippen molar-refractivity contribution < 1.29 is 0 Å². The molecular formula is C14H24BrCl2N3. The van der Waals surface area contributed by atoms with Gasteiger partial charge in [-0.2, -0.15) is 0 Å². The lowest BCUT2D eigenvalue weighted by Crippen LogP contribution is -2.46. The molecule has 2 heterocycles. The molecule has 116 valence electrons. The van der Waals surface area contributed by atoms with Crippen LogP contribution in [0.25, 0.3) is 0 Å². The van der Waals surface area contributed by atoms with Crippen molar-refractivity contribution >= 4 is 40.7 Å². The predicted molar refractivity (Wildman–Crippen MR) is 93.1 cm³/mol. The molecule has 20 heavy (non-hydrogen) atoms. The summed E-state index contributed by atoms with van der Waals surface area (Å²) in [6, 6.07) is 6.68. The Morgan fingerprint density at radius 1 is 1.30 bits per heavy atom. The van der Waals surface area contributed by atoms with E-state index >= 15 is 0 Å². The topological polar surface area (TPSA) is 28.2 Å². The summed E-state index contributed by atoms with van der Waals surface area (Å²) in [6.45, 7) is 8.99. The Labute approximate surface area is 142 Å². The van der Waals surface area contributed by atoms with Crippen LogP contribution in [0.2, 0.25) is 0 Å². The van der Waals surface area contributed by atoms with E-state index in [9.17, 15) is 0 Å². The molecule has 1 aliphatic rings. The summed E-state index contributed by atoms with van der Waals surface area (Å²) in [7, 11) is 0. The number of hydrogen-bond donors (Lipinski definition) is 1. The number of nitrogens with zero attached hydrogens (tertiary/aromatic N) is 2. The van der Waals surface area contributed by atoms with Crippen molar-refractivity contribution in [2.75, 3.05) is 26.2 Å². The normalized spacial score (nSPS) is 18.6. The van der Waals surface area contributed by atoms with Crippen LogP contribution in [0, 0.1) is 5.92 Å². The number of piperazine rings is 1. The molecule has 1 aromatic rings. The minimum absolute atomic E-state index is 0. The van der Waals surface area contributed by atoms with E-state index in [-0.39, 0.29) is 24.8 Å². The number of aromatic nitrogens is 1. The van der Waals surface area contributed by atoms with E-state index in [1.165, 1.54) is 12.1 Å². The summed E-state index contributed by atoms with van der Waals surface area (Å²) in [5.41, 5.74) is 1.20. The summed E-state index contributed by atoms with van der Waals surface area (Å²) >= 11 is 3.48. The van der Waals surface area contributed by atoms with Gasteiger partial charge in [0.05, 0.1) is 11.7 Å². The van der Waals surface area contributed by atoms with E-state index in [4.69, 9.17) is 0 Å². The van der Waals surface area contributed by atoms with E-state index in [0.29, 0.717) is 12.0 Å². The summed E-state index contributed by atoms with van der Waals surface area (Å²) < 4.78 is 0.934. The van der Waals surface area contributed by atoms with Gasteiger partial charge in [-0.25, -0.2) is 4.98 Å². The second kappa shape index (κ2) is 9.96. The summed E-state index contributed by atoms with van der Waals surface area (Å²) in [5, 5.41) is 3.42. The Morgan fingerprint density at radius 2 is 1.95 bits per heavy atom. The van der Waals surface area contributed by atoms with Crippen molar-refractivity contribution in [2.24, 2.45) is 5.92 Å².